The van der Waals surface area contributed by atoms with Gasteiger partial charge in [0.25, 0.3) is 0 Å². The molecule has 0 rings (SSSR count). The minimum Gasteiger partial charge on any atom is -0.411 e. The molecule has 0 aliphatic carbocycles. The lowest BCUT2D eigenvalue weighted by molar-refractivity contribution is 0.319. The van der Waals surface area contributed by atoms with Gasteiger partial charge >= 0.3 is 0 Å². The Hall–Kier alpha value is -1.48. The molecule has 0 aromatic rings. The lowest BCUT2D eigenvalue weighted by Gasteiger charge is -1.89. The zero-order valence-electron chi connectivity index (χ0n) is 4.94. The van der Waals surface area contributed by atoms with Crippen LogP contribution in [-0.2, 0) is 0 Å². The molecule has 0 atom stereocenters. The van der Waals surface area contributed by atoms with Crippen LogP contribution in [-0.4, -0.2) is 10.9 Å². The zero-order chi connectivity index (χ0) is 7.28. The molecule has 9 heavy (non-hydrogen) atoms. The van der Waals surface area contributed by atoms with Gasteiger partial charge in [-0.15, -0.1) is 0 Å². The molecule has 0 aromatic heterocycles. The quantitative estimate of drug-likeness (QED) is 0.150. The molecular formula is C4H6N4O. The summed E-state index contributed by atoms with van der Waals surface area (Å²) in [6.45, 7) is 4.79. The SMILES string of the molecule is C=C(N=[N+]=[N-])/C(C)=N/O. The lowest BCUT2D eigenvalue weighted by Crippen LogP contribution is -1.90. The molecule has 0 saturated heterocycles. The van der Waals surface area contributed by atoms with Crippen molar-refractivity contribution in [2.24, 2.45) is 10.3 Å². The molecule has 0 spiro atoms. The van der Waals surface area contributed by atoms with Crippen LogP contribution in [0.2, 0.25) is 0 Å². The Morgan fingerprint density at radius 1 is 1.78 bits per heavy atom. The average molecular weight is 126 g/mol. The van der Waals surface area contributed by atoms with Gasteiger partial charge in [0.15, 0.2) is 0 Å². The summed E-state index contributed by atoms with van der Waals surface area (Å²) >= 11 is 0. The molecule has 0 aromatic carbocycles. The molecular weight excluding hydrogens is 120 g/mol. The van der Waals surface area contributed by atoms with Crippen LogP contribution >= 0.6 is 0 Å². The van der Waals surface area contributed by atoms with Gasteiger partial charge in [0.05, 0.1) is 11.4 Å². The van der Waals surface area contributed by atoms with Crippen molar-refractivity contribution in [3.05, 3.63) is 22.7 Å². The van der Waals surface area contributed by atoms with Crippen LogP contribution in [0.25, 0.3) is 10.4 Å². The van der Waals surface area contributed by atoms with Gasteiger partial charge in [-0.3, -0.25) is 0 Å². The predicted octanol–water partition coefficient (Wildman–Crippen LogP) is 1.66. The van der Waals surface area contributed by atoms with E-state index in [-0.39, 0.29) is 11.4 Å². The lowest BCUT2D eigenvalue weighted by atomic mass is 10.3. The third kappa shape index (κ3) is 2.36. The summed E-state index contributed by atoms with van der Waals surface area (Å²) in [5.41, 5.74) is 8.18. The van der Waals surface area contributed by atoms with Gasteiger partial charge in [-0.1, -0.05) is 16.8 Å². The van der Waals surface area contributed by atoms with E-state index in [2.05, 4.69) is 21.8 Å². The highest BCUT2D eigenvalue weighted by atomic mass is 16.4. The maximum Gasteiger partial charge on any atom is 0.0854 e. The van der Waals surface area contributed by atoms with E-state index in [0.29, 0.717) is 0 Å². The second-order valence-corrected chi connectivity index (χ2v) is 1.32. The van der Waals surface area contributed by atoms with Crippen LogP contribution in [0, 0.1) is 0 Å². The van der Waals surface area contributed by atoms with E-state index < -0.39 is 0 Å². The number of hydrogen-bond donors (Lipinski definition) is 1. The minimum atomic E-state index is 0.125. The summed E-state index contributed by atoms with van der Waals surface area (Å²) in [5, 5.41) is 13.9. The molecule has 0 amide bonds. The average Bonchev–Trinajstić information content (AvgIpc) is 1.87. The molecule has 0 unspecified atom stereocenters. The summed E-state index contributed by atoms with van der Waals surface area (Å²) in [4.78, 5) is 2.44. The number of oxime groups is 1. The number of allylic oxidation sites excluding steroid dienone is 1. The molecule has 5 nitrogen and oxygen atoms in total. The van der Waals surface area contributed by atoms with E-state index in [1.807, 2.05) is 0 Å². The number of hydrogen-bond acceptors (Lipinski definition) is 3. The topological polar surface area (TPSA) is 81.4 Å². The molecule has 48 valence electrons. The van der Waals surface area contributed by atoms with E-state index in [4.69, 9.17) is 10.7 Å². The van der Waals surface area contributed by atoms with Crippen molar-refractivity contribution in [3.63, 3.8) is 0 Å². The van der Waals surface area contributed by atoms with E-state index >= 15 is 0 Å². The summed E-state index contributed by atoms with van der Waals surface area (Å²) in [6.07, 6.45) is 0. The van der Waals surface area contributed by atoms with Crippen LogP contribution in [0.5, 0.6) is 0 Å². The zero-order valence-corrected chi connectivity index (χ0v) is 4.94. The van der Waals surface area contributed by atoms with E-state index in [9.17, 15) is 0 Å². The van der Waals surface area contributed by atoms with Crippen molar-refractivity contribution < 1.29 is 5.21 Å². The maximum absolute atomic E-state index is 8.08. The summed E-state index contributed by atoms with van der Waals surface area (Å²) < 4.78 is 0. The van der Waals surface area contributed by atoms with Crippen LogP contribution in [0.15, 0.2) is 22.5 Å². The third-order valence-electron chi connectivity index (χ3n) is 0.733. The monoisotopic (exact) mass is 126 g/mol. The summed E-state index contributed by atoms with van der Waals surface area (Å²) in [5.74, 6) is 0. The van der Waals surface area contributed by atoms with Gasteiger partial charge < -0.3 is 5.21 Å². The standard InChI is InChI=1S/C4H6N4O/c1-3(6-8-5)4(2)7-9/h9H,1H2,2H3/b7-4+. The predicted molar refractivity (Wildman–Crippen MR) is 33.2 cm³/mol. The Bertz CT molecular complexity index is 189. The van der Waals surface area contributed by atoms with Gasteiger partial charge in [-0.05, 0) is 12.5 Å². The first-order valence-corrected chi connectivity index (χ1v) is 2.15. The van der Waals surface area contributed by atoms with Crippen LogP contribution < -0.4 is 0 Å². The highest BCUT2D eigenvalue weighted by Crippen LogP contribution is 1.94. The second kappa shape index (κ2) is 3.51. The van der Waals surface area contributed by atoms with Gasteiger partial charge in [0.1, 0.15) is 0 Å². The van der Waals surface area contributed by atoms with Crippen LogP contribution in [0.1, 0.15) is 6.92 Å². The van der Waals surface area contributed by atoms with Gasteiger partial charge in [-0.25, -0.2) is 0 Å². The van der Waals surface area contributed by atoms with Crippen molar-refractivity contribution in [3.8, 4) is 0 Å². The normalized spacial score (nSPS) is 10.1. The van der Waals surface area contributed by atoms with E-state index in [0.717, 1.165) is 0 Å². The van der Waals surface area contributed by atoms with E-state index in [1.165, 1.54) is 6.92 Å². The molecule has 5 heteroatoms. The van der Waals surface area contributed by atoms with Crippen molar-refractivity contribution in [1.82, 2.24) is 0 Å². The van der Waals surface area contributed by atoms with Gasteiger partial charge in [-0.2, -0.15) is 0 Å². The molecule has 0 heterocycles. The van der Waals surface area contributed by atoms with Crippen LogP contribution in [0.4, 0.5) is 0 Å². The molecule has 0 saturated carbocycles. The fraction of sp³-hybridized carbons (Fsp3) is 0.250. The molecule has 0 aliphatic heterocycles. The molecule has 0 bridgehead atoms. The second-order valence-electron chi connectivity index (χ2n) is 1.32. The molecule has 0 radical (unpaired) electrons. The first kappa shape index (κ1) is 7.52. The Labute approximate surface area is 51.9 Å². The van der Waals surface area contributed by atoms with Crippen molar-refractivity contribution in [2.75, 3.05) is 0 Å². The first-order valence-electron chi connectivity index (χ1n) is 2.15. The third-order valence-corrected chi connectivity index (χ3v) is 0.733. The Balaban J connectivity index is 4.22. The van der Waals surface area contributed by atoms with Crippen molar-refractivity contribution in [2.45, 2.75) is 6.92 Å². The van der Waals surface area contributed by atoms with Gasteiger partial charge in [0.2, 0.25) is 0 Å². The smallest absolute Gasteiger partial charge is 0.0854 e. The van der Waals surface area contributed by atoms with E-state index in [1.54, 1.807) is 0 Å². The van der Waals surface area contributed by atoms with Gasteiger partial charge in [0, 0.05) is 4.91 Å². The first-order chi connectivity index (χ1) is 4.22. The highest BCUT2D eigenvalue weighted by molar-refractivity contribution is 5.96. The van der Waals surface area contributed by atoms with Crippen molar-refractivity contribution in [1.29, 1.82) is 0 Å². The summed E-state index contributed by atoms with van der Waals surface area (Å²) in [7, 11) is 0. The number of azide groups is 1. The Morgan fingerprint density at radius 3 is 2.67 bits per heavy atom. The fourth-order valence-corrected chi connectivity index (χ4v) is 0.184. The fourth-order valence-electron chi connectivity index (χ4n) is 0.184. The largest absolute Gasteiger partial charge is 0.411 e. The number of rotatable bonds is 2. The highest BCUT2D eigenvalue weighted by Gasteiger charge is 1.92. The Kier molecular flexibility index (Phi) is 2.94. The molecule has 0 fully saturated rings. The molecule has 1 N–H and O–H groups in total. The van der Waals surface area contributed by atoms with Crippen molar-refractivity contribution >= 4 is 5.71 Å². The van der Waals surface area contributed by atoms with Crippen LogP contribution in [0.3, 0.4) is 0 Å². The maximum atomic E-state index is 8.08. The molecule has 0 aliphatic rings. The Morgan fingerprint density at radius 2 is 2.33 bits per heavy atom. The summed E-state index contributed by atoms with van der Waals surface area (Å²) in [6, 6.07) is 0. The minimum absolute atomic E-state index is 0.125. The number of nitrogens with zero attached hydrogens (tertiary/aromatic N) is 4.